The van der Waals surface area contributed by atoms with E-state index in [0.717, 1.165) is 34.3 Å². The molecule has 0 bridgehead atoms. The van der Waals surface area contributed by atoms with Gasteiger partial charge >= 0.3 is 0 Å². The second kappa shape index (κ2) is 7.22. The van der Waals surface area contributed by atoms with Gasteiger partial charge in [-0.2, -0.15) is 0 Å². The van der Waals surface area contributed by atoms with E-state index in [9.17, 15) is 4.39 Å². The maximum Gasteiger partial charge on any atom is 0.191 e. The molecule has 0 saturated heterocycles. The van der Waals surface area contributed by atoms with E-state index in [2.05, 4.69) is 26.9 Å². The van der Waals surface area contributed by atoms with Crippen molar-refractivity contribution in [2.45, 2.75) is 22.5 Å². The van der Waals surface area contributed by atoms with Crippen LogP contribution in [0.3, 0.4) is 0 Å². The Morgan fingerprint density at radius 3 is 2.42 bits per heavy atom. The lowest BCUT2D eigenvalue weighted by molar-refractivity contribution is 0.628. The molecule has 1 aromatic heterocycles. The van der Waals surface area contributed by atoms with Crippen molar-refractivity contribution in [2.24, 2.45) is 5.92 Å². The molecule has 2 aromatic carbocycles. The van der Waals surface area contributed by atoms with Crippen molar-refractivity contribution in [1.82, 2.24) is 14.8 Å². The fourth-order valence-corrected chi connectivity index (χ4v) is 4.61. The van der Waals surface area contributed by atoms with Gasteiger partial charge in [-0.3, -0.25) is 4.57 Å². The van der Waals surface area contributed by atoms with E-state index in [4.69, 9.17) is 23.2 Å². The van der Waals surface area contributed by atoms with E-state index < -0.39 is 4.33 Å². The largest absolute Gasteiger partial charge is 0.298 e. The third-order valence-electron chi connectivity index (χ3n) is 4.37. The summed E-state index contributed by atoms with van der Waals surface area (Å²) >= 11 is 13.9. The third-order valence-corrected chi connectivity index (χ3v) is 6.43. The van der Waals surface area contributed by atoms with Crippen molar-refractivity contribution >= 4 is 35.0 Å². The van der Waals surface area contributed by atoms with Crippen LogP contribution in [0.4, 0.5) is 4.39 Å². The number of aromatic nitrogens is 3. The lowest BCUT2D eigenvalue weighted by Gasteiger charge is -2.10. The van der Waals surface area contributed by atoms with Gasteiger partial charge in [0.1, 0.15) is 10.2 Å². The van der Waals surface area contributed by atoms with E-state index in [0.29, 0.717) is 6.54 Å². The molecule has 1 atom stereocenters. The summed E-state index contributed by atoms with van der Waals surface area (Å²) in [6.45, 7) is 0.639. The summed E-state index contributed by atoms with van der Waals surface area (Å²) in [7, 11) is 0. The van der Waals surface area contributed by atoms with Gasteiger partial charge in [0, 0.05) is 17.2 Å². The van der Waals surface area contributed by atoms with Crippen molar-refractivity contribution in [3.63, 3.8) is 0 Å². The molecule has 0 N–H and O–H groups in total. The number of hydrogen-bond donors (Lipinski definition) is 0. The molecule has 1 saturated carbocycles. The Morgan fingerprint density at radius 2 is 1.77 bits per heavy atom. The first-order chi connectivity index (χ1) is 12.5. The molecule has 0 unspecified atom stereocenters. The fourth-order valence-electron chi connectivity index (χ4n) is 2.74. The fraction of sp³-hybridized carbons (Fsp3) is 0.263. The number of halogens is 3. The van der Waals surface area contributed by atoms with Gasteiger partial charge in [-0.15, -0.1) is 33.4 Å². The van der Waals surface area contributed by atoms with Crippen molar-refractivity contribution in [3.8, 4) is 11.4 Å². The highest BCUT2D eigenvalue weighted by molar-refractivity contribution is 7.99. The molecular weight excluding hydrogens is 392 g/mol. The van der Waals surface area contributed by atoms with Crippen LogP contribution in [0.25, 0.3) is 11.4 Å². The van der Waals surface area contributed by atoms with Gasteiger partial charge in [-0.05, 0) is 36.2 Å². The summed E-state index contributed by atoms with van der Waals surface area (Å²) in [6.07, 6.45) is 0.806. The molecule has 1 heterocycles. The van der Waals surface area contributed by atoms with Crippen molar-refractivity contribution in [2.75, 3.05) is 5.75 Å². The Bertz CT molecular complexity index is 897. The predicted octanol–water partition coefficient (Wildman–Crippen LogP) is 5.42. The average molecular weight is 408 g/mol. The Labute approximate surface area is 165 Å². The van der Waals surface area contributed by atoms with Gasteiger partial charge in [0.2, 0.25) is 0 Å². The van der Waals surface area contributed by atoms with Gasteiger partial charge in [0.15, 0.2) is 11.0 Å². The first-order valence-electron chi connectivity index (χ1n) is 8.26. The van der Waals surface area contributed by atoms with Crippen LogP contribution in [0.1, 0.15) is 12.0 Å². The zero-order valence-corrected chi connectivity index (χ0v) is 16.1. The molecule has 3 aromatic rings. The van der Waals surface area contributed by atoms with E-state index in [1.807, 2.05) is 18.2 Å². The van der Waals surface area contributed by atoms with Crippen LogP contribution in [-0.2, 0) is 6.54 Å². The number of alkyl halides is 2. The molecular formula is C19H16Cl2FN3S. The summed E-state index contributed by atoms with van der Waals surface area (Å²) in [5.41, 5.74) is 1.98. The predicted molar refractivity (Wildman–Crippen MR) is 104 cm³/mol. The number of benzene rings is 2. The summed E-state index contributed by atoms with van der Waals surface area (Å²) in [5.74, 6) is 1.51. The maximum absolute atomic E-state index is 13.3. The monoisotopic (exact) mass is 407 g/mol. The van der Waals surface area contributed by atoms with E-state index in [-0.39, 0.29) is 11.7 Å². The van der Waals surface area contributed by atoms with Crippen molar-refractivity contribution in [3.05, 3.63) is 66.0 Å². The van der Waals surface area contributed by atoms with Crippen LogP contribution in [0.15, 0.2) is 59.8 Å². The molecule has 7 heteroatoms. The minimum Gasteiger partial charge on any atom is -0.298 e. The quantitative estimate of drug-likeness (QED) is 0.403. The SMILES string of the molecule is Fc1ccc(-c2nnc(SC[C@H]3CC3(Cl)Cl)n2Cc2ccccc2)cc1. The normalized spacial score (nSPS) is 18.0. The molecule has 0 spiro atoms. The molecule has 0 amide bonds. The standard InChI is InChI=1S/C19H16Cl2FN3S/c20-19(21)10-15(19)12-26-18-24-23-17(14-6-8-16(22)9-7-14)25(18)11-13-4-2-1-3-5-13/h1-9,15H,10-12H2/t15-/m1/s1. The van der Waals surface area contributed by atoms with Gasteiger partial charge in [0.25, 0.3) is 0 Å². The maximum atomic E-state index is 13.3. The molecule has 26 heavy (non-hydrogen) atoms. The number of nitrogens with zero attached hydrogens (tertiary/aromatic N) is 3. The Kier molecular flexibility index (Phi) is 4.95. The number of rotatable bonds is 6. The molecule has 1 aliphatic rings. The van der Waals surface area contributed by atoms with Gasteiger partial charge in [0.05, 0.1) is 6.54 Å². The second-order valence-corrected chi connectivity index (χ2v) is 8.89. The first-order valence-corrected chi connectivity index (χ1v) is 10.0. The highest BCUT2D eigenvalue weighted by Gasteiger charge is 2.51. The van der Waals surface area contributed by atoms with Gasteiger partial charge in [-0.1, -0.05) is 42.1 Å². The number of thioether (sulfide) groups is 1. The van der Waals surface area contributed by atoms with Crippen LogP contribution in [0.2, 0.25) is 0 Å². The van der Waals surface area contributed by atoms with Crippen molar-refractivity contribution in [1.29, 1.82) is 0 Å². The zero-order valence-electron chi connectivity index (χ0n) is 13.8. The molecule has 134 valence electrons. The molecule has 0 radical (unpaired) electrons. The lowest BCUT2D eigenvalue weighted by atomic mass is 10.2. The smallest absolute Gasteiger partial charge is 0.191 e. The highest BCUT2D eigenvalue weighted by atomic mass is 35.5. The van der Waals surface area contributed by atoms with E-state index in [1.54, 1.807) is 23.9 Å². The van der Waals surface area contributed by atoms with E-state index >= 15 is 0 Å². The Balaban J connectivity index is 1.63. The van der Waals surface area contributed by atoms with E-state index in [1.165, 1.54) is 12.1 Å². The summed E-state index contributed by atoms with van der Waals surface area (Å²) in [5, 5.41) is 9.51. The van der Waals surface area contributed by atoms with Gasteiger partial charge in [-0.25, -0.2) is 4.39 Å². The van der Waals surface area contributed by atoms with Crippen LogP contribution in [0, 0.1) is 11.7 Å². The van der Waals surface area contributed by atoms with Crippen molar-refractivity contribution < 1.29 is 4.39 Å². The molecule has 0 aliphatic heterocycles. The summed E-state index contributed by atoms with van der Waals surface area (Å²) < 4.78 is 14.7. The molecule has 3 nitrogen and oxygen atoms in total. The number of hydrogen-bond acceptors (Lipinski definition) is 3. The van der Waals surface area contributed by atoms with Crippen LogP contribution >= 0.6 is 35.0 Å². The van der Waals surface area contributed by atoms with Crippen LogP contribution in [-0.4, -0.2) is 24.9 Å². The summed E-state index contributed by atoms with van der Waals surface area (Å²) in [6, 6.07) is 16.4. The molecule has 1 fully saturated rings. The Hall–Kier alpha value is -1.56. The third kappa shape index (κ3) is 3.90. The minimum absolute atomic E-state index is 0.270. The minimum atomic E-state index is -0.600. The summed E-state index contributed by atoms with van der Waals surface area (Å²) in [4.78, 5) is 0. The highest BCUT2D eigenvalue weighted by Crippen LogP contribution is 2.54. The van der Waals surface area contributed by atoms with Crippen LogP contribution in [0.5, 0.6) is 0 Å². The molecule has 4 rings (SSSR count). The second-order valence-electron chi connectivity index (χ2n) is 6.36. The lowest BCUT2D eigenvalue weighted by Crippen LogP contribution is -2.05. The van der Waals surface area contributed by atoms with Crippen LogP contribution < -0.4 is 0 Å². The zero-order chi connectivity index (χ0) is 18.1. The average Bonchev–Trinajstić information content (AvgIpc) is 3.06. The first kappa shape index (κ1) is 17.8. The topological polar surface area (TPSA) is 30.7 Å². The van der Waals surface area contributed by atoms with Gasteiger partial charge < -0.3 is 0 Å². The Morgan fingerprint density at radius 1 is 1.08 bits per heavy atom. The molecule has 1 aliphatic carbocycles.